The lowest BCUT2D eigenvalue weighted by Crippen LogP contribution is -2.42. The van der Waals surface area contributed by atoms with Crippen LogP contribution in [0.2, 0.25) is 0 Å². The van der Waals surface area contributed by atoms with E-state index in [-0.39, 0.29) is 11.9 Å². The third-order valence-electron chi connectivity index (χ3n) is 3.73. The molecule has 0 aliphatic heterocycles. The maximum Gasteiger partial charge on any atom is 0.241 e. The maximum absolute atomic E-state index is 12.0. The second-order valence-electron chi connectivity index (χ2n) is 5.39. The van der Waals surface area contributed by atoms with Crippen molar-refractivity contribution >= 4 is 5.91 Å². The zero-order valence-corrected chi connectivity index (χ0v) is 11.1. The molecular formula is C13H22N4O. The summed E-state index contributed by atoms with van der Waals surface area (Å²) in [5, 5.41) is 7.08. The zero-order chi connectivity index (χ0) is 13.1. The normalized spacial score (nSPS) is 25.7. The van der Waals surface area contributed by atoms with Gasteiger partial charge in [-0.2, -0.15) is 5.10 Å². The van der Waals surface area contributed by atoms with Gasteiger partial charge in [-0.15, -0.1) is 0 Å². The molecule has 1 aliphatic carbocycles. The molecule has 0 saturated heterocycles. The van der Waals surface area contributed by atoms with Crippen molar-refractivity contribution in [2.75, 3.05) is 0 Å². The molecule has 1 atom stereocenters. The average molecular weight is 250 g/mol. The van der Waals surface area contributed by atoms with Gasteiger partial charge in [0.2, 0.25) is 5.91 Å². The molecule has 2 rings (SSSR count). The molecule has 18 heavy (non-hydrogen) atoms. The molecule has 1 amide bonds. The van der Waals surface area contributed by atoms with Crippen LogP contribution in [0.3, 0.4) is 0 Å². The number of rotatable bonds is 3. The summed E-state index contributed by atoms with van der Waals surface area (Å²) < 4.78 is 1.66. The SMILES string of the molecule is CC1CCC(NC(=O)C(N)c2cnn(C)c2)CC1. The van der Waals surface area contributed by atoms with Crippen LogP contribution in [-0.4, -0.2) is 21.7 Å². The van der Waals surface area contributed by atoms with E-state index in [4.69, 9.17) is 5.73 Å². The fourth-order valence-electron chi connectivity index (χ4n) is 2.45. The molecule has 1 fully saturated rings. The molecule has 0 aromatic carbocycles. The van der Waals surface area contributed by atoms with Gasteiger partial charge in [0.1, 0.15) is 6.04 Å². The van der Waals surface area contributed by atoms with E-state index in [1.165, 1.54) is 12.8 Å². The maximum atomic E-state index is 12.0. The van der Waals surface area contributed by atoms with Crippen LogP contribution >= 0.6 is 0 Å². The van der Waals surface area contributed by atoms with E-state index < -0.39 is 6.04 Å². The van der Waals surface area contributed by atoms with Crippen molar-refractivity contribution in [2.45, 2.75) is 44.7 Å². The molecule has 1 aromatic heterocycles. The Hall–Kier alpha value is -1.36. The number of carbonyl (C=O) groups is 1. The van der Waals surface area contributed by atoms with Gasteiger partial charge in [-0.25, -0.2) is 0 Å². The standard InChI is InChI=1S/C13H22N4O/c1-9-3-5-11(6-4-9)16-13(18)12(14)10-7-15-17(2)8-10/h7-9,11-12H,3-6,14H2,1-2H3,(H,16,18). The Bertz CT molecular complexity index is 407. The van der Waals surface area contributed by atoms with Crippen molar-refractivity contribution in [2.24, 2.45) is 18.7 Å². The van der Waals surface area contributed by atoms with E-state index in [0.29, 0.717) is 0 Å². The number of aryl methyl sites for hydroxylation is 1. The molecule has 1 aromatic rings. The van der Waals surface area contributed by atoms with Gasteiger partial charge in [-0.3, -0.25) is 9.48 Å². The van der Waals surface area contributed by atoms with Crippen molar-refractivity contribution in [3.8, 4) is 0 Å². The van der Waals surface area contributed by atoms with E-state index in [1.807, 2.05) is 7.05 Å². The molecule has 100 valence electrons. The molecule has 1 heterocycles. The van der Waals surface area contributed by atoms with Crippen molar-refractivity contribution in [3.05, 3.63) is 18.0 Å². The van der Waals surface area contributed by atoms with Crippen molar-refractivity contribution in [1.82, 2.24) is 15.1 Å². The fourth-order valence-corrected chi connectivity index (χ4v) is 2.45. The molecule has 0 bridgehead atoms. The monoisotopic (exact) mass is 250 g/mol. The summed E-state index contributed by atoms with van der Waals surface area (Å²) >= 11 is 0. The summed E-state index contributed by atoms with van der Waals surface area (Å²) in [4.78, 5) is 12.0. The predicted molar refractivity (Wildman–Crippen MR) is 69.7 cm³/mol. The van der Waals surface area contributed by atoms with E-state index in [9.17, 15) is 4.79 Å². The lowest BCUT2D eigenvalue weighted by Gasteiger charge is -2.27. The van der Waals surface area contributed by atoms with Gasteiger partial charge >= 0.3 is 0 Å². The summed E-state index contributed by atoms with van der Waals surface area (Å²) in [7, 11) is 1.82. The van der Waals surface area contributed by atoms with Crippen LogP contribution in [-0.2, 0) is 11.8 Å². The Balaban J connectivity index is 1.88. The molecule has 0 radical (unpaired) electrons. The van der Waals surface area contributed by atoms with Gasteiger partial charge in [0.25, 0.3) is 0 Å². The summed E-state index contributed by atoms with van der Waals surface area (Å²) in [5.74, 6) is 0.688. The number of carbonyl (C=O) groups excluding carboxylic acids is 1. The van der Waals surface area contributed by atoms with Crippen LogP contribution in [0.15, 0.2) is 12.4 Å². The Morgan fingerprint density at radius 1 is 1.50 bits per heavy atom. The second-order valence-corrected chi connectivity index (χ2v) is 5.39. The Morgan fingerprint density at radius 3 is 2.72 bits per heavy atom. The first kappa shape index (κ1) is 13.1. The first-order chi connectivity index (χ1) is 8.56. The van der Waals surface area contributed by atoms with E-state index >= 15 is 0 Å². The van der Waals surface area contributed by atoms with Gasteiger partial charge in [-0.1, -0.05) is 6.92 Å². The third-order valence-corrected chi connectivity index (χ3v) is 3.73. The quantitative estimate of drug-likeness (QED) is 0.844. The Labute approximate surface area is 108 Å². The van der Waals surface area contributed by atoms with E-state index in [0.717, 1.165) is 24.3 Å². The number of hydrogen-bond acceptors (Lipinski definition) is 3. The molecule has 5 heteroatoms. The summed E-state index contributed by atoms with van der Waals surface area (Å²) in [6.07, 6.45) is 7.93. The summed E-state index contributed by atoms with van der Waals surface area (Å²) in [6, 6.07) is -0.325. The first-order valence-corrected chi connectivity index (χ1v) is 6.60. The zero-order valence-electron chi connectivity index (χ0n) is 11.1. The molecule has 3 N–H and O–H groups in total. The minimum absolute atomic E-state index is 0.0949. The third kappa shape index (κ3) is 3.10. The molecule has 0 spiro atoms. The number of amides is 1. The summed E-state index contributed by atoms with van der Waals surface area (Å²) in [6.45, 7) is 2.26. The molecule has 1 unspecified atom stereocenters. The highest BCUT2D eigenvalue weighted by molar-refractivity contribution is 5.83. The highest BCUT2D eigenvalue weighted by atomic mass is 16.2. The van der Waals surface area contributed by atoms with Gasteiger partial charge in [-0.05, 0) is 31.6 Å². The summed E-state index contributed by atoms with van der Waals surface area (Å²) in [5.41, 5.74) is 6.69. The lowest BCUT2D eigenvalue weighted by atomic mass is 9.87. The van der Waals surface area contributed by atoms with Crippen LogP contribution in [0.25, 0.3) is 0 Å². The van der Waals surface area contributed by atoms with E-state index in [2.05, 4.69) is 17.3 Å². The predicted octanol–water partition coefficient (Wildman–Crippen LogP) is 1.11. The highest BCUT2D eigenvalue weighted by Crippen LogP contribution is 2.23. The number of hydrogen-bond donors (Lipinski definition) is 2. The first-order valence-electron chi connectivity index (χ1n) is 6.60. The lowest BCUT2D eigenvalue weighted by molar-refractivity contribution is -0.123. The van der Waals surface area contributed by atoms with Gasteiger partial charge in [0.05, 0.1) is 6.20 Å². The van der Waals surface area contributed by atoms with Crippen molar-refractivity contribution < 1.29 is 4.79 Å². The van der Waals surface area contributed by atoms with E-state index in [1.54, 1.807) is 17.1 Å². The van der Waals surface area contributed by atoms with Crippen LogP contribution in [0.5, 0.6) is 0 Å². The fraction of sp³-hybridized carbons (Fsp3) is 0.692. The molecule has 1 aliphatic rings. The largest absolute Gasteiger partial charge is 0.352 e. The minimum atomic E-state index is -0.613. The highest BCUT2D eigenvalue weighted by Gasteiger charge is 2.23. The topological polar surface area (TPSA) is 72.9 Å². The van der Waals surface area contributed by atoms with Gasteiger partial charge in [0, 0.05) is 24.8 Å². The smallest absolute Gasteiger partial charge is 0.241 e. The van der Waals surface area contributed by atoms with Gasteiger partial charge < -0.3 is 11.1 Å². The number of nitrogens with two attached hydrogens (primary N) is 1. The van der Waals surface area contributed by atoms with Crippen LogP contribution in [0.1, 0.15) is 44.2 Å². The molecule has 1 saturated carbocycles. The van der Waals surface area contributed by atoms with Crippen LogP contribution in [0, 0.1) is 5.92 Å². The van der Waals surface area contributed by atoms with Crippen LogP contribution in [0.4, 0.5) is 0 Å². The minimum Gasteiger partial charge on any atom is -0.352 e. The van der Waals surface area contributed by atoms with Crippen LogP contribution < -0.4 is 11.1 Å². The number of nitrogens with zero attached hydrogens (tertiary/aromatic N) is 2. The Kier molecular flexibility index (Phi) is 4.01. The second kappa shape index (κ2) is 5.52. The molecule has 5 nitrogen and oxygen atoms in total. The van der Waals surface area contributed by atoms with Crippen molar-refractivity contribution in [1.29, 1.82) is 0 Å². The van der Waals surface area contributed by atoms with Gasteiger partial charge in [0.15, 0.2) is 0 Å². The number of aromatic nitrogens is 2. The molecular weight excluding hydrogens is 228 g/mol. The Morgan fingerprint density at radius 2 is 2.17 bits per heavy atom. The van der Waals surface area contributed by atoms with Crippen molar-refractivity contribution in [3.63, 3.8) is 0 Å². The average Bonchev–Trinajstić information content (AvgIpc) is 2.78. The number of nitrogens with one attached hydrogen (secondary N) is 1.